The minimum Gasteiger partial charge on any atom is -0.512 e. The molecule has 0 unspecified atom stereocenters. The fourth-order valence-electron chi connectivity index (χ4n) is 5.28. The van der Waals surface area contributed by atoms with E-state index in [4.69, 9.17) is 4.98 Å². The maximum atomic E-state index is 11.2. The van der Waals surface area contributed by atoms with Crippen molar-refractivity contribution >= 4 is 16.6 Å². The number of aromatic nitrogens is 1. The number of hydrogen-bond donors (Lipinski definition) is 1. The molecular formula is C37H42IrNO2-. The maximum Gasteiger partial charge on any atom is 0.159 e. The Bertz CT molecular complexity index is 1570. The minimum absolute atomic E-state index is 0. The number of rotatable bonds is 5. The number of ketones is 1. The molecule has 0 saturated heterocycles. The number of pyridine rings is 1. The molecule has 0 saturated carbocycles. The van der Waals surface area contributed by atoms with Gasteiger partial charge in [-0.1, -0.05) is 96.0 Å². The zero-order chi connectivity index (χ0) is 29.2. The Hall–Kier alpha value is -3.07. The third kappa shape index (κ3) is 7.61. The van der Waals surface area contributed by atoms with Crippen molar-refractivity contribution in [2.24, 2.45) is 11.8 Å². The number of carbonyl (C=O) groups is 1. The Morgan fingerprint density at radius 3 is 2.17 bits per heavy atom. The SMILES string of the molecule is CC(C)CC(=O)/C=C(\O)CC(C)C.Cc1cc2c3c(nccc3c1)-c1[c-]cc(C(C)(C)C)cc1-c1ccccc1-2.[Ir]. The summed E-state index contributed by atoms with van der Waals surface area (Å²) in [5.74, 6) is 0.979. The van der Waals surface area contributed by atoms with Crippen LogP contribution in [0.4, 0.5) is 0 Å². The van der Waals surface area contributed by atoms with Crippen LogP contribution in [-0.2, 0) is 30.3 Å². The molecule has 3 nitrogen and oxygen atoms in total. The van der Waals surface area contributed by atoms with Crippen LogP contribution in [0.15, 0.2) is 72.6 Å². The van der Waals surface area contributed by atoms with Crippen molar-refractivity contribution in [1.29, 1.82) is 0 Å². The van der Waals surface area contributed by atoms with Crippen LogP contribution in [0.5, 0.6) is 0 Å². The normalized spacial score (nSPS) is 12.2. The summed E-state index contributed by atoms with van der Waals surface area (Å²) < 4.78 is 0. The van der Waals surface area contributed by atoms with Crippen LogP contribution in [0.1, 0.15) is 72.4 Å². The van der Waals surface area contributed by atoms with Crippen molar-refractivity contribution in [1.82, 2.24) is 4.98 Å². The monoisotopic (exact) mass is 725 g/mol. The number of nitrogens with zero attached hydrogens (tertiary/aromatic N) is 1. The van der Waals surface area contributed by atoms with E-state index in [0.717, 1.165) is 11.3 Å². The summed E-state index contributed by atoms with van der Waals surface area (Å²) in [6.45, 7) is 16.9. The van der Waals surface area contributed by atoms with Gasteiger partial charge in [-0.25, -0.2) is 0 Å². The molecular weight excluding hydrogens is 683 g/mol. The molecule has 0 bridgehead atoms. The van der Waals surface area contributed by atoms with Gasteiger partial charge in [-0.05, 0) is 63.4 Å². The number of carbonyl (C=O) groups excluding carboxylic acids is 1. The molecule has 217 valence electrons. The Morgan fingerprint density at radius 2 is 1.56 bits per heavy atom. The predicted octanol–water partition coefficient (Wildman–Crippen LogP) is 10.0. The zero-order valence-electron chi connectivity index (χ0n) is 25.6. The Labute approximate surface area is 259 Å². The molecule has 1 aromatic heterocycles. The summed E-state index contributed by atoms with van der Waals surface area (Å²) in [6.07, 6.45) is 4.39. The van der Waals surface area contributed by atoms with Gasteiger partial charge in [-0.2, -0.15) is 0 Å². The van der Waals surface area contributed by atoms with Crippen molar-refractivity contribution in [3.05, 3.63) is 89.8 Å². The fraction of sp³-hybridized carbons (Fsp3) is 0.351. The molecule has 0 fully saturated rings. The first kappa shape index (κ1) is 32.4. The van der Waals surface area contributed by atoms with E-state index >= 15 is 0 Å². The second kappa shape index (κ2) is 13.3. The molecule has 1 aliphatic rings. The second-order valence-corrected chi connectivity index (χ2v) is 12.8. The van der Waals surface area contributed by atoms with Crippen LogP contribution in [0.3, 0.4) is 0 Å². The van der Waals surface area contributed by atoms with Gasteiger partial charge in [0.15, 0.2) is 5.78 Å². The first-order valence-electron chi connectivity index (χ1n) is 14.3. The van der Waals surface area contributed by atoms with E-state index in [0.29, 0.717) is 24.7 Å². The third-order valence-electron chi connectivity index (χ3n) is 7.11. The van der Waals surface area contributed by atoms with Crippen LogP contribution in [0, 0.1) is 24.8 Å². The number of hydrogen-bond acceptors (Lipinski definition) is 3. The van der Waals surface area contributed by atoms with E-state index in [1.807, 2.05) is 33.9 Å². The summed E-state index contributed by atoms with van der Waals surface area (Å²) in [5, 5.41) is 11.8. The van der Waals surface area contributed by atoms with Crippen LogP contribution >= 0.6 is 0 Å². The Balaban J connectivity index is 0.000000284. The van der Waals surface area contributed by atoms with E-state index in [-0.39, 0.29) is 37.1 Å². The Kier molecular flexibility index (Phi) is 10.5. The van der Waals surface area contributed by atoms with E-state index < -0.39 is 0 Å². The maximum absolute atomic E-state index is 11.2. The molecule has 1 aliphatic carbocycles. The minimum atomic E-state index is 0. The fourth-order valence-corrected chi connectivity index (χ4v) is 5.28. The number of aryl methyl sites for hydroxylation is 1. The predicted molar refractivity (Wildman–Crippen MR) is 169 cm³/mol. The first-order valence-corrected chi connectivity index (χ1v) is 14.3. The number of aliphatic hydroxyl groups is 1. The van der Waals surface area contributed by atoms with Gasteiger partial charge in [0.25, 0.3) is 0 Å². The van der Waals surface area contributed by atoms with E-state index in [1.165, 1.54) is 50.2 Å². The van der Waals surface area contributed by atoms with Crippen LogP contribution in [0.2, 0.25) is 0 Å². The van der Waals surface area contributed by atoms with Gasteiger partial charge in [-0.3, -0.25) is 4.79 Å². The number of fused-ring (bicyclic) bond motifs is 5. The smallest absolute Gasteiger partial charge is 0.159 e. The van der Waals surface area contributed by atoms with Crippen molar-refractivity contribution in [3.63, 3.8) is 0 Å². The molecule has 0 spiro atoms. The van der Waals surface area contributed by atoms with Crippen molar-refractivity contribution in [2.75, 3.05) is 0 Å². The van der Waals surface area contributed by atoms with Gasteiger partial charge in [0.2, 0.25) is 0 Å². The summed E-state index contributed by atoms with van der Waals surface area (Å²) >= 11 is 0. The number of allylic oxidation sites excluding steroid dienone is 2. The molecule has 3 aromatic carbocycles. The zero-order valence-corrected chi connectivity index (χ0v) is 28.0. The summed E-state index contributed by atoms with van der Waals surface area (Å²) in [7, 11) is 0. The standard InChI is InChI=1S/C26H22N.C11H20O2.Ir/c1-16-13-17-11-12-27-25-21-10-9-18(26(2,3)4)15-22(21)19-7-5-6-8-20(19)23(14-16)24(17)25;1-8(2)5-10(12)7-11(13)6-9(3)4;/h5-9,11-15H,1-4H3;7-9,12H,5-6H2,1-4H3;/q-1;;/b;10-7-;. The van der Waals surface area contributed by atoms with Gasteiger partial charge in [0, 0.05) is 45.2 Å². The molecule has 0 amide bonds. The quantitative estimate of drug-likeness (QED) is 0.112. The number of aliphatic hydroxyl groups excluding tert-OH is 1. The average Bonchev–Trinajstić information content (AvgIpc) is 2.97. The molecule has 1 N–H and O–H groups in total. The summed E-state index contributed by atoms with van der Waals surface area (Å²) in [4.78, 5) is 16.0. The Morgan fingerprint density at radius 1 is 0.927 bits per heavy atom. The summed E-state index contributed by atoms with van der Waals surface area (Å²) in [5.41, 5.74) is 9.82. The van der Waals surface area contributed by atoms with E-state index in [9.17, 15) is 9.90 Å². The molecule has 0 aliphatic heterocycles. The molecule has 1 radical (unpaired) electrons. The van der Waals surface area contributed by atoms with Gasteiger partial charge < -0.3 is 10.1 Å². The third-order valence-corrected chi connectivity index (χ3v) is 7.11. The average molecular weight is 725 g/mol. The van der Waals surface area contributed by atoms with Crippen LogP contribution in [-0.4, -0.2) is 15.9 Å². The largest absolute Gasteiger partial charge is 0.512 e. The van der Waals surface area contributed by atoms with Crippen LogP contribution < -0.4 is 0 Å². The molecule has 4 heteroatoms. The van der Waals surface area contributed by atoms with Gasteiger partial charge >= 0.3 is 0 Å². The molecule has 5 rings (SSSR count). The molecule has 41 heavy (non-hydrogen) atoms. The van der Waals surface area contributed by atoms with E-state index in [1.54, 1.807) is 0 Å². The van der Waals surface area contributed by atoms with Gasteiger partial charge in [0.1, 0.15) is 0 Å². The van der Waals surface area contributed by atoms with Crippen molar-refractivity contribution in [3.8, 4) is 33.5 Å². The second-order valence-electron chi connectivity index (χ2n) is 12.8. The van der Waals surface area contributed by atoms with Gasteiger partial charge in [0.05, 0.1) is 5.76 Å². The van der Waals surface area contributed by atoms with Gasteiger partial charge in [-0.15, -0.1) is 29.3 Å². The number of benzene rings is 3. The first-order chi connectivity index (χ1) is 18.8. The van der Waals surface area contributed by atoms with E-state index in [2.05, 4.69) is 88.4 Å². The van der Waals surface area contributed by atoms with Crippen LogP contribution in [0.25, 0.3) is 44.3 Å². The molecule has 0 atom stereocenters. The molecule has 1 heterocycles. The van der Waals surface area contributed by atoms with Crippen molar-refractivity contribution < 1.29 is 30.0 Å². The summed E-state index contributed by atoms with van der Waals surface area (Å²) in [6, 6.07) is 23.5. The topological polar surface area (TPSA) is 50.2 Å². The van der Waals surface area contributed by atoms with Crippen molar-refractivity contribution in [2.45, 2.75) is 73.6 Å². The molecule has 4 aromatic rings.